The molecule has 1 aromatic heterocycles. The number of hydrogen-bond acceptors (Lipinski definition) is 6. The van der Waals surface area contributed by atoms with Gasteiger partial charge in [0.05, 0.1) is 12.7 Å². The normalized spacial score (nSPS) is 10.1. The van der Waals surface area contributed by atoms with Crippen molar-refractivity contribution in [1.29, 1.82) is 0 Å². The van der Waals surface area contributed by atoms with Crippen molar-refractivity contribution < 1.29 is 9.53 Å². The van der Waals surface area contributed by atoms with Gasteiger partial charge in [0.15, 0.2) is 0 Å². The Hall–Kier alpha value is -2.63. The van der Waals surface area contributed by atoms with E-state index in [-0.39, 0.29) is 5.97 Å². The van der Waals surface area contributed by atoms with Crippen molar-refractivity contribution in [3.05, 3.63) is 42.1 Å². The van der Waals surface area contributed by atoms with Crippen LogP contribution in [-0.2, 0) is 4.74 Å². The summed E-state index contributed by atoms with van der Waals surface area (Å²) in [6.45, 7) is 2.99. The minimum absolute atomic E-state index is 0.351. The van der Waals surface area contributed by atoms with Crippen LogP contribution < -0.4 is 10.6 Å². The molecule has 0 spiro atoms. The molecule has 2 rings (SSSR count). The fraction of sp³-hybridized carbons (Fsp3) is 0.312. The number of methoxy groups -OCH3 is 1. The van der Waals surface area contributed by atoms with E-state index in [0.717, 1.165) is 25.1 Å². The molecule has 0 amide bonds. The third-order valence-electron chi connectivity index (χ3n) is 3.05. The van der Waals surface area contributed by atoms with Crippen LogP contribution in [0.25, 0.3) is 0 Å². The first kappa shape index (κ1) is 15.8. The largest absolute Gasteiger partial charge is 0.465 e. The number of nitrogens with one attached hydrogen (secondary N) is 2. The van der Waals surface area contributed by atoms with Gasteiger partial charge in [-0.3, -0.25) is 0 Å². The van der Waals surface area contributed by atoms with Gasteiger partial charge in [0.2, 0.25) is 5.95 Å². The van der Waals surface area contributed by atoms with Gasteiger partial charge in [-0.25, -0.2) is 9.78 Å². The van der Waals surface area contributed by atoms with Gasteiger partial charge in [0.1, 0.15) is 5.82 Å². The van der Waals surface area contributed by atoms with Crippen LogP contribution in [-0.4, -0.2) is 29.6 Å². The molecule has 6 heteroatoms. The van der Waals surface area contributed by atoms with Gasteiger partial charge in [-0.15, -0.1) is 0 Å². The predicted molar refractivity (Wildman–Crippen MR) is 86.5 cm³/mol. The number of esters is 1. The van der Waals surface area contributed by atoms with Crippen molar-refractivity contribution in [3.8, 4) is 0 Å². The van der Waals surface area contributed by atoms with Crippen molar-refractivity contribution >= 4 is 23.4 Å². The standard InChI is InChI=1S/C16H20N4O2/c1-3-4-10-17-16-18-11-9-14(20-16)19-13-7-5-12(6-8-13)15(21)22-2/h5-9,11H,3-4,10H2,1-2H3,(H2,17,18,19,20). The van der Waals surface area contributed by atoms with Gasteiger partial charge in [-0.1, -0.05) is 13.3 Å². The van der Waals surface area contributed by atoms with Gasteiger partial charge in [0.25, 0.3) is 0 Å². The number of benzene rings is 1. The Kier molecular flexibility index (Phi) is 5.71. The zero-order valence-corrected chi connectivity index (χ0v) is 12.8. The summed E-state index contributed by atoms with van der Waals surface area (Å²) in [6.07, 6.45) is 3.90. The number of carbonyl (C=O) groups excluding carboxylic acids is 1. The minimum atomic E-state index is -0.351. The molecular weight excluding hydrogens is 280 g/mol. The lowest BCUT2D eigenvalue weighted by Crippen LogP contribution is -2.06. The van der Waals surface area contributed by atoms with E-state index in [9.17, 15) is 4.79 Å². The third kappa shape index (κ3) is 4.44. The summed E-state index contributed by atoms with van der Waals surface area (Å²) in [5, 5.41) is 6.36. The second-order valence-electron chi connectivity index (χ2n) is 4.74. The van der Waals surface area contributed by atoms with Crippen LogP contribution in [0.15, 0.2) is 36.5 Å². The molecule has 0 saturated heterocycles. The lowest BCUT2D eigenvalue weighted by molar-refractivity contribution is 0.0601. The van der Waals surface area contributed by atoms with Crippen LogP contribution in [0.2, 0.25) is 0 Å². The maximum Gasteiger partial charge on any atom is 0.337 e. The maximum absolute atomic E-state index is 11.4. The smallest absolute Gasteiger partial charge is 0.337 e. The molecule has 2 aromatic rings. The highest BCUT2D eigenvalue weighted by atomic mass is 16.5. The van der Waals surface area contributed by atoms with Crippen LogP contribution in [0.5, 0.6) is 0 Å². The molecule has 0 bridgehead atoms. The third-order valence-corrected chi connectivity index (χ3v) is 3.05. The summed E-state index contributed by atoms with van der Waals surface area (Å²) in [4.78, 5) is 19.9. The number of unbranched alkanes of at least 4 members (excludes halogenated alkanes) is 1. The Morgan fingerprint density at radius 1 is 1.23 bits per heavy atom. The Balaban J connectivity index is 2.01. The van der Waals surface area contributed by atoms with Crippen molar-refractivity contribution in [2.75, 3.05) is 24.3 Å². The van der Waals surface area contributed by atoms with Crippen molar-refractivity contribution in [2.45, 2.75) is 19.8 Å². The molecule has 0 atom stereocenters. The number of nitrogens with zero attached hydrogens (tertiary/aromatic N) is 2. The summed E-state index contributed by atoms with van der Waals surface area (Å²) >= 11 is 0. The predicted octanol–water partition coefficient (Wildman–Crippen LogP) is 3.22. The van der Waals surface area contributed by atoms with Crippen LogP contribution in [0, 0.1) is 0 Å². The molecule has 1 aromatic carbocycles. The first-order chi connectivity index (χ1) is 10.7. The van der Waals surface area contributed by atoms with Crippen molar-refractivity contribution in [3.63, 3.8) is 0 Å². The van der Waals surface area contributed by atoms with E-state index in [4.69, 9.17) is 0 Å². The van der Waals surface area contributed by atoms with Crippen molar-refractivity contribution in [2.24, 2.45) is 0 Å². The molecule has 0 fully saturated rings. The van der Waals surface area contributed by atoms with E-state index < -0.39 is 0 Å². The molecule has 0 aliphatic rings. The van der Waals surface area contributed by atoms with Crippen LogP contribution in [0.1, 0.15) is 30.1 Å². The molecule has 6 nitrogen and oxygen atoms in total. The quantitative estimate of drug-likeness (QED) is 0.604. The molecule has 0 radical (unpaired) electrons. The van der Waals surface area contributed by atoms with Gasteiger partial charge in [-0.2, -0.15) is 4.98 Å². The minimum Gasteiger partial charge on any atom is -0.465 e. The zero-order chi connectivity index (χ0) is 15.8. The first-order valence-electron chi connectivity index (χ1n) is 7.25. The Bertz CT molecular complexity index is 614. The zero-order valence-electron chi connectivity index (χ0n) is 12.8. The number of aromatic nitrogens is 2. The fourth-order valence-electron chi connectivity index (χ4n) is 1.85. The van der Waals surface area contributed by atoms with Crippen LogP contribution >= 0.6 is 0 Å². The molecule has 0 aliphatic heterocycles. The molecule has 1 heterocycles. The summed E-state index contributed by atoms with van der Waals surface area (Å²) in [5.41, 5.74) is 1.35. The average Bonchev–Trinajstić information content (AvgIpc) is 2.55. The maximum atomic E-state index is 11.4. The summed E-state index contributed by atoms with van der Waals surface area (Å²) in [7, 11) is 1.36. The number of ether oxygens (including phenoxy) is 1. The molecular formula is C16H20N4O2. The van der Waals surface area contributed by atoms with E-state index in [0.29, 0.717) is 17.3 Å². The summed E-state index contributed by atoms with van der Waals surface area (Å²) in [5.74, 6) is 0.945. The second-order valence-corrected chi connectivity index (χ2v) is 4.74. The van der Waals surface area contributed by atoms with E-state index in [2.05, 4.69) is 32.3 Å². The Labute approximate surface area is 129 Å². The molecule has 116 valence electrons. The van der Waals surface area contributed by atoms with Gasteiger partial charge in [-0.05, 0) is 36.8 Å². The number of hydrogen-bond donors (Lipinski definition) is 2. The highest BCUT2D eigenvalue weighted by molar-refractivity contribution is 5.89. The highest BCUT2D eigenvalue weighted by Gasteiger charge is 2.05. The summed E-state index contributed by atoms with van der Waals surface area (Å²) in [6, 6.07) is 8.81. The van der Waals surface area contributed by atoms with Crippen LogP contribution in [0.4, 0.5) is 17.5 Å². The van der Waals surface area contributed by atoms with E-state index in [1.165, 1.54) is 7.11 Å². The molecule has 0 aliphatic carbocycles. The van der Waals surface area contributed by atoms with Gasteiger partial charge >= 0.3 is 5.97 Å². The lowest BCUT2D eigenvalue weighted by atomic mass is 10.2. The number of carbonyl (C=O) groups is 1. The monoisotopic (exact) mass is 300 g/mol. The molecule has 22 heavy (non-hydrogen) atoms. The van der Waals surface area contributed by atoms with E-state index in [1.807, 2.05) is 0 Å². The Morgan fingerprint density at radius 3 is 2.68 bits per heavy atom. The van der Waals surface area contributed by atoms with E-state index >= 15 is 0 Å². The van der Waals surface area contributed by atoms with Gasteiger partial charge < -0.3 is 15.4 Å². The average molecular weight is 300 g/mol. The molecule has 0 unspecified atom stereocenters. The van der Waals surface area contributed by atoms with Crippen molar-refractivity contribution in [1.82, 2.24) is 9.97 Å². The molecule has 2 N–H and O–H groups in total. The second kappa shape index (κ2) is 7.97. The highest BCUT2D eigenvalue weighted by Crippen LogP contribution is 2.16. The summed E-state index contributed by atoms with van der Waals surface area (Å²) < 4.78 is 4.67. The number of rotatable bonds is 7. The number of anilines is 3. The fourth-order valence-corrected chi connectivity index (χ4v) is 1.85. The van der Waals surface area contributed by atoms with Crippen LogP contribution in [0.3, 0.4) is 0 Å². The van der Waals surface area contributed by atoms with Gasteiger partial charge in [0, 0.05) is 18.4 Å². The SMILES string of the molecule is CCCCNc1nccc(Nc2ccc(C(=O)OC)cc2)n1. The Morgan fingerprint density at radius 2 is 2.00 bits per heavy atom. The van der Waals surface area contributed by atoms with E-state index in [1.54, 1.807) is 36.5 Å². The molecule has 0 saturated carbocycles. The first-order valence-corrected chi connectivity index (χ1v) is 7.25. The lowest BCUT2D eigenvalue weighted by Gasteiger charge is -2.08. The topological polar surface area (TPSA) is 76.1 Å².